The molecule has 5 aliphatic rings. The maximum Gasteiger partial charge on any atom is 0.237 e. The minimum absolute atomic E-state index is 0.157. The summed E-state index contributed by atoms with van der Waals surface area (Å²) in [6.45, 7) is 6.54. The van der Waals surface area contributed by atoms with Gasteiger partial charge in [0.15, 0.2) is 0 Å². The van der Waals surface area contributed by atoms with Gasteiger partial charge in [-0.05, 0) is 77.5 Å². The van der Waals surface area contributed by atoms with Gasteiger partial charge in [0.25, 0.3) is 0 Å². The fourth-order valence-corrected chi connectivity index (χ4v) is 8.55. The van der Waals surface area contributed by atoms with Crippen molar-refractivity contribution in [3.05, 3.63) is 35.1 Å². The maximum atomic E-state index is 13.4. The van der Waals surface area contributed by atoms with Crippen molar-refractivity contribution in [1.82, 2.24) is 10.2 Å². The summed E-state index contributed by atoms with van der Waals surface area (Å²) in [6, 6.07) is 4.88. The number of nitrogens with one attached hydrogen (secondary N) is 1. The first-order valence-electron chi connectivity index (χ1n) is 10.1. The Hall–Kier alpha value is -1.42. The highest BCUT2D eigenvalue weighted by Crippen LogP contribution is 2.90. The number of halogens is 1. The van der Waals surface area contributed by atoms with Crippen LogP contribution in [-0.2, 0) is 17.9 Å². The third-order valence-corrected chi connectivity index (χ3v) is 9.01. The van der Waals surface area contributed by atoms with E-state index in [4.69, 9.17) is 0 Å². The Morgan fingerprint density at radius 2 is 2.00 bits per heavy atom. The molecule has 138 valence electrons. The highest BCUT2D eigenvalue weighted by molar-refractivity contribution is 5.79. The molecule has 1 aromatic rings. The van der Waals surface area contributed by atoms with Crippen LogP contribution in [0.25, 0.3) is 0 Å². The predicted molar refractivity (Wildman–Crippen MR) is 96.6 cm³/mol. The number of rotatable bonds is 3. The minimum Gasteiger partial charge on any atom is -0.333 e. The van der Waals surface area contributed by atoms with Gasteiger partial charge < -0.3 is 10.2 Å². The van der Waals surface area contributed by atoms with E-state index in [0.717, 1.165) is 17.0 Å². The summed E-state index contributed by atoms with van der Waals surface area (Å²) in [6.07, 6.45) is 6.63. The summed E-state index contributed by atoms with van der Waals surface area (Å²) in [4.78, 5) is 14.7. The van der Waals surface area contributed by atoms with Gasteiger partial charge in [0.05, 0.1) is 6.54 Å². The van der Waals surface area contributed by atoms with Gasteiger partial charge in [-0.1, -0.05) is 19.9 Å². The molecule has 1 aliphatic heterocycles. The van der Waals surface area contributed by atoms with Crippen LogP contribution in [0.1, 0.15) is 57.1 Å². The van der Waals surface area contributed by atoms with E-state index >= 15 is 0 Å². The molecule has 26 heavy (non-hydrogen) atoms. The number of carbonyl (C=O) groups is 1. The van der Waals surface area contributed by atoms with Gasteiger partial charge in [-0.25, -0.2) is 4.39 Å². The number of fused-ring (bicyclic) bond motifs is 2. The van der Waals surface area contributed by atoms with Crippen molar-refractivity contribution in [2.75, 3.05) is 6.54 Å². The minimum atomic E-state index is -0.214. The molecule has 1 N–H and O–H groups in total. The van der Waals surface area contributed by atoms with Crippen LogP contribution in [0.3, 0.4) is 0 Å². The zero-order valence-electron chi connectivity index (χ0n) is 15.7. The average molecular weight is 354 g/mol. The Morgan fingerprint density at radius 1 is 1.19 bits per heavy atom. The molecule has 0 saturated heterocycles. The van der Waals surface area contributed by atoms with E-state index in [0.29, 0.717) is 35.9 Å². The molecule has 1 aromatic carbocycles. The number of amides is 1. The lowest BCUT2D eigenvalue weighted by molar-refractivity contribution is -0.275. The first kappa shape index (κ1) is 15.6. The molecule has 5 atom stereocenters. The van der Waals surface area contributed by atoms with Crippen LogP contribution in [0.2, 0.25) is 0 Å². The van der Waals surface area contributed by atoms with Crippen LogP contribution in [0.4, 0.5) is 4.39 Å². The van der Waals surface area contributed by atoms with Crippen LogP contribution in [0, 0.1) is 28.0 Å². The normalized spacial score (nSPS) is 46.6. The van der Waals surface area contributed by atoms with Gasteiger partial charge in [0, 0.05) is 18.6 Å². The van der Waals surface area contributed by atoms with Gasteiger partial charge >= 0.3 is 0 Å². The van der Waals surface area contributed by atoms with Crippen molar-refractivity contribution in [3.8, 4) is 0 Å². The van der Waals surface area contributed by atoms with Crippen molar-refractivity contribution in [1.29, 1.82) is 0 Å². The lowest BCUT2D eigenvalue weighted by atomic mass is 9.28. The van der Waals surface area contributed by atoms with Crippen LogP contribution in [-0.4, -0.2) is 22.9 Å². The summed E-state index contributed by atoms with van der Waals surface area (Å²) in [5.74, 6) is 0.820. The first-order valence-corrected chi connectivity index (χ1v) is 10.1. The SMILES string of the molecule is CC12CC3CC4(C)CC(NCC(=O)N5Cc6ccc(F)cc6C5)(C1)C34C2. The summed E-state index contributed by atoms with van der Waals surface area (Å²) in [5.41, 5.74) is 3.70. The van der Waals surface area contributed by atoms with Crippen LogP contribution >= 0.6 is 0 Å². The predicted octanol–water partition coefficient (Wildman–Crippen LogP) is 3.62. The quantitative estimate of drug-likeness (QED) is 0.899. The summed E-state index contributed by atoms with van der Waals surface area (Å²) >= 11 is 0. The monoisotopic (exact) mass is 354 g/mol. The molecule has 4 fully saturated rings. The van der Waals surface area contributed by atoms with Gasteiger partial charge in [-0.2, -0.15) is 0 Å². The molecule has 4 saturated carbocycles. The van der Waals surface area contributed by atoms with E-state index in [2.05, 4.69) is 19.2 Å². The molecule has 3 nitrogen and oxygen atoms in total. The molecular weight excluding hydrogens is 327 g/mol. The smallest absolute Gasteiger partial charge is 0.237 e. The van der Waals surface area contributed by atoms with E-state index in [1.807, 2.05) is 11.0 Å². The molecular formula is C22H27FN2O. The lowest BCUT2D eigenvalue weighted by Crippen LogP contribution is -2.81. The largest absolute Gasteiger partial charge is 0.333 e. The molecule has 2 bridgehead atoms. The standard InChI is InChI=1S/C22H27FN2O/c1-19-6-16-7-20(2)13-21(11-19,22(16,20)12-19)24-8-18(26)25-9-14-3-4-17(23)5-15(14)10-25/h3-5,16,24H,6-13H2,1-2H3. The number of carbonyl (C=O) groups excluding carboxylic acids is 1. The van der Waals surface area contributed by atoms with E-state index in [1.165, 1.54) is 38.2 Å². The molecule has 4 aliphatic carbocycles. The van der Waals surface area contributed by atoms with E-state index in [-0.39, 0.29) is 17.3 Å². The number of nitrogens with zero attached hydrogens (tertiary/aromatic N) is 1. The van der Waals surface area contributed by atoms with E-state index < -0.39 is 0 Å². The van der Waals surface area contributed by atoms with Gasteiger partial charge in [-0.15, -0.1) is 0 Å². The van der Waals surface area contributed by atoms with Crippen molar-refractivity contribution in [2.24, 2.45) is 22.2 Å². The topological polar surface area (TPSA) is 32.3 Å². The Bertz CT molecular complexity index is 855. The molecule has 1 amide bonds. The van der Waals surface area contributed by atoms with Gasteiger partial charge in [0.2, 0.25) is 5.91 Å². The van der Waals surface area contributed by atoms with Crippen LogP contribution in [0.15, 0.2) is 18.2 Å². The third-order valence-electron chi connectivity index (χ3n) is 9.01. The van der Waals surface area contributed by atoms with Crippen LogP contribution < -0.4 is 5.32 Å². The fraction of sp³-hybridized carbons (Fsp3) is 0.682. The van der Waals surface area contributed by atoms with Crippen molar-refractivity contribution in [2.45, 2.75) is 64.6 Å². The lowest BCUT2D eigenvalue weighted by Gasteiger charge is -2.79. The highest BCUT2D eigenvalue weighted by atomic mass is 19.1. The van der Waals surface area contributed by atoms with Crippen molar-refractivity contribution >= 4 is 5.91 Å². The number of hydrogen-bond donors (Lipinski definition) is 1. The third kappa shape index (κ3) is 1.58. The summed E-state index contributed by atoms with van der Waals surface area (Å²) < 4.78 is 13.4. The Balaban J connectivity index is 1.17. The van der Waals surface area contributed by atoms with E-state index in [1.54, 1.807) is 6.07 Å². The first-order chi connectivity index (χ1) is 12.3. The number of hydrogen-bond acceptors (Lipinski definition) is 2. The Kier molecular flexibility index (Phi) is 2.61. The maximum absolute atomic E-state index is 13.4. The fourth-order valence-electron chi connectivity index (χ4n) is 8.55. The molecule has 1 spiro atoms. The molecule has 5 unspecified atom stereocenters. The molecule has 0 radical (unpaired) electrons. The second kappa shape index (κ2) is 4.35. The zero-order valence-corrected chi connectivity index (χ0v) is 15.7. The van der Waals surface area contributed by atoms with Gasteiger partial charge in [0.1, 0.15) is 5.82 Å². The summed E-state index contributed by atoms with van der Waals surface area (Å²) in [5, 5.41) is 3.78. The Labute approximate surface area is 154 Å². The van der Waals surface area contributed by atoms with E-state index in [9.17, 15) is 9.18 Å². The van der Waals surface area contributed by atoms with Crippen molar-refractivity contribution < 1.29 is 9.18 Å². The molecule has 4 heteroatoms. The van der Waals surface area contributed by atoms with Crippen molar-refractivity contribution in [3.63, 3.8) is 0 Å². The molecule has 1 heterocycles. The zero-order chi connectivity index (χ0) is 17.9. The second-order valence-electron chi connectivity index (χ2n) is 10.6. The molecule has 0 aromatic heterocycles. The molecule has 6 rings (SSSR count). The summed E-state index contributed by atoms with van der Waals surface area (Å²) in [7, 11) is 0. The Morgan fingerprint density at radius 3 is 2.77 bits per heavy atom. The van der Waals surface area contributed by atoms with Crippen LogP contribution in [0.5, 0.6) is 0 Å². The second-order valence-corrected chi connectivity index (χ2v) is 10.6. The van der Waals surface area contributed by atoms with Gasteiger partial charge in [-0.3, -0.25) is 4.79 Å². The average Bonchev–Trinajstić information content (AvgIpc) is 3.17. The highest BCUT2D eigenvalue weighted by Gasteiger charge is 2.87. The number of benzene rings is 1.